The zero-order chi connectivity index (χ0) is 7.61. The van der Waals surface area contributed by atoms with Crippen molar-refractivity contribution in [1.82, 2.24) is 0 Å². The molecule has 0 aliphatic heterocycles. The summed E-state index contributed by atoms with van der Waals surface area (Å²) < 4.78 is 5.17. The second-order valence-electron chi connectivity index (χ2n) is 4.03. The molecule has 0 atom stereocenters. The second-order valence-corrected chi connectivity index (χ2v) is 4.03. The van der Waals surface area contributed by atoms with E-state index in [4.69, 9.17) is 4.74 Å². The van der Waals surface area contributed by atoms with Crippen LogP contribution in [0.25, 0.3) is 0 Å². The Labute approximate surface area is 63.8 Å². The molecule has 1 nitrogen and oxygen atoms in total. The maximum absolute atomic E-state index is 5.17. The highest BCUT2D eigenvalue weighted by molar-refractivity contribution is 4.93. The molecule has 10 heavy (non-hydrogen) atoms. The summed E-state index contributed by atoms with van der Waals surface area (Å²) in [6.45, 7) is 5.55. The minimum atomic E-state index is 0.600. The third-order valence-corrected chi connectivity index (χ3v) is 2.25. The van der Waals surface area contributed by atoms with Crippen LogP contribution in [0.5, 0.6) is 0 Å². The van der Waals surface area contributed by atoms with Crippen molar-refractivity contribution < 1.29 is 4.74 Å². The zero-order valence-electron chi connectivity index (χ0n) is 7.31. The molecule has 0 heterocycles. The highest BCUT2D eigenvalue weighted by atomic mass is 16.5. The van der Waals surface area contributed by atoms with Gasteiger partial charge in [-0.2, -0.15) is 0 Å². The van der Waals surface area contributed by atoms with E-state index in [-0.39, 0.29) is 0 Å². The molecular weight excluding hydrogens is 124 g/mol. The molecule has 0 saturated heterocycles. The van der Waals surface area contributed by atoms with E-state index in [2.05, 4.69) is 13.8 Å². The number of rotatable bonds is 4. The largest absolute Gasteiger partial charge is 0.384 e. The summed E-state index contributed by atoms with van der Waals surface area (Å²) in [5.74, 6) is 0.831. The van der Waals surface area contributed by atoms with Crippen LogP contribution in [0.4, 0.5) is 0 Å². The molecule has 1 saturated carbocycles. The molecule has 0 aromatic rings. The highest BCUT2D eigenvalue weighted by Crippen LogP contribution is 2.50. The molecule has 0 aromatic heterocycles. The SMILES string of the molecule is COCC1(CC(C)C)CC1. The minimum Gasteiger partial charge on any atom is -0.384 e. The molecule has 1 aliphatic rings. The van der Waals surface area contributed by atoms with Gasteiger partial charge in [0.2, 0.25) is 0 Å². The molecule has 0 amide bonds. The Balaban J connectivity index is 2.23. The van der Waals surface area contributed by atoms with Gasteiger partial charge in [-0.25, -0.2) is 0 Å². The van der Waals surface area contributed by atoms with Crippen LogP contribution in [-0.4, -0.2) is 13.7 Å². The van der Waals surface area contributed by atoms with Gasteiger partial charge in [-0.05, 0) is 30.6 Å². The number of hydrogen-bond acceptors (Lipinski definition) is 1. The summed E-state index contributed by atoms with van der Waals surface area (Å²) in [5, 5.41) is 0. The van der Waals surface area contributed by atoms with Crippen LogP contribution in [0.2, 0.25) is 0 Å². The molecule has 0 unspecified atom stereocenters. The highest BCUT2D eigenvalue weighted by Gasteiger charge is 2.42. The standard InChI is InChI=1S/C9H18O/c1-8(2)6-9(4-5-9)7-10-3/h8H,4-7H2,1-3H3. The molecule has 0 radical (unpaired) electrons. The van der Waals surface area contributed by atoms with Crippen molar-refractivity contribution in [3.63, 3.8) is 0 Å². The average molecular weight is 142 g/mol. The van der Waals surface area contributed by atoms with Crippen LogP contribution in [0.3, 0.4) is 0 Å². The molecule has 0 N–H and O–H groups in total. The van der Waals surface area contributed by atoms with E-state index in [0.29, 0.717) is 5.41 Å². The summed E-state index contributed by atoms with van der Waals surface area (Å²) in [6, 6.07) is 0. The minimum absolute atomic E-state index is 0.600. The molecule has 1 fully saturated rings. The molecule has 0 bridgehead atoms. The Hall–Kier alpha value is -0.0400. The van der Waals surface area contributed by atoms with Gasteiger partial charge in [-0.1, -0.05) is 13.8 Å². The second kappa shape index (κ2) is 2.91. The summed E-state index contributed by atoms with van der Waals surface area (Å²) in [4.78, 5) is 0. The van der Waals surface area contributed by atoms with Crippen LogP contribution in [-0.2, 0) is 4.74 Å². The number of ether oxygens (including phenoxy) is 1. The Morgan fingerprint density at radius 2 is 2.00 bits per heavy atom. The zero-order valence-corrected chi connectivity index (χ0v) is 7.31. The quantitative estimate of drug-likeness (QED) is 0.586. The van der Waals surface area contributed by atoms with E-state index in [1.54, 1.807) is 7.11 Å². The van der Waals surface area contributed by atoms with Crippen molar-refractivity contribution in [2.45, 2.75) is 33.1 Å². The van der Waals surface area contributed by atoms with Crippen LogP contribution in [0.1, 0.15) is 33.1 Å². The maximum Gasteiger partial charge on any atom is 0.0518 e. The molecule has 60 valence electrons. The van der Waals surface area contributed by atoms with Gasteiger partial charge in [0.15, 0.2) is 0 Å². The topological polar surface area (TPSA) is 9.23 Å². The lowest BCUT2D eigenvalue weighted by Crippen LogP contribution is -2.11. The van der Waals surface area contributed by atoms with Gasteiger partial charge in [0.1, 0.15) is 0 Å². The first kappa shape index (κ1) is 8.06. The third kappa shape index (κ3) is 1.98. The van der Waals surface area contributed by atoms with Crippen molar-refractivity contribution in [3.05, 3.63) is 0 Å². The first-order valence-electron chi connectivity index (χ1n) is 4.17. The summed E-state index contributed by atoms with van der Waals surface area (Å²) >= 11 is 0. The molecule has 1 heteroatoms. The van der Waals surface area contributed by atoms with E-state index in [1.807, 2.05) is 0 Å². The Morgan fingerprint density at radius 3 is 2.30 bits per heavy atom. The fraction of sp³-hybridized carbons (Fsp3) is 1.00. The van der Waals surface area contributed by atoms with Gasteiger partial charge in [0, 0.05) is 7.11 Å². The predicted octanol–water partition coefficient (Wildman–Crippen LogP) is 2.46. The third-order valence-electron chi connectivity index (χ3n) is 2.25. The van der Waals surface area contributed by atoms with E-state index in [0.717, 1.165) is 12.5 Å². The van der Waals surface area contributed by atoms with Crippen molar-refractivity contribution in [3.8, 4) is 0 Å². The molecular formula is C9H18O. The molecule has 1 aliphatic carbocycles. The molecule has 0 aromatic carbocycles. The van der Waals surface area contributed by atoms with Crippen molar-refractivity contribution >= 4 is 0 Å². The van der Waals surface area contributed by atoms with Gasteiger partial charge >= 0.3 is 0 Å². The first-order valence-corrected chi connectivity index (χ1v) is 4.17. The lowest BCUT2D eigenvalue weighted by molar-refractivity contribution is 0.128. The van der Waals surface area contributed by atoms with Gasteiger partial charge < -0.3 is 4.74 Å². The van der Waals surface area contributed by atoms with Crippen molar-refractivity contribution in [2.24, 2.45) is 11.3 Å². The van der Waals surface area contributed by atoms with E-state index in [1.165, 1.54) is 19.3 Å². The summed E-state index contributed by atoms with van der Waals surface area (Å²) in [5.41, 5.74) is 0.600. The molecule has 1 rings (SSSR count). The van der Waals surface area contributed by atoms with E-state index >= 15 is 0 Å². The summed E-state index contributed by atoms with van der Waals surface area (Å²) in [7, 11) is 1.81. The monoisotopic (exact) mass is 142 g/mol. The first-order chi connectivity index (χ1) is 4.68. The fourth-order valence-corrected chi connectivity index (χ4v) is 1.76. The lowest BCUT2D eigenvalue weighted by atomic mass is 9.95. The average Bonchev–Trinajstić information content (AvgIpc) is 2.47. The Bertz CT molecular complexity index is 103. The van der Waals surface area contributed by atoms with Crippen molar-refractivity contribution in [2.75, 3.05) is 13.7 Å². The van der Waals surface area contributed by atoms with E-state index < -0.39 is 0 Å². The Morgan fingerprint density at radius 1 is 1.40 bits per heavy atom. The van der Waals surface area contributed by atoms with Crippen molar-refractivity contribution in [1.29, 1.82) is 0 Å². The van der Waals surface area contributed by atoms with Crippen LogP contribution >= 0.6 is 0 Å². The van der Waals surface area contributed by atoms with Crippen LogP contribution in [0, 0.1) is 11.3 Å². The molecule has 0 spiro atoms. The smallest absolute Gasteiger partial charge is 0.0518 e. The van der Waals surface area contributed by atoms with Gasteiger partial charge in [0.05, 0.1) is 6.61 Å². The lowest BCUT2D eigenvalue weighted by Gasteiger charge is -2.15. The van der Waals surface area contributed by atoms with Crippen LogP contribution in [0.15, 0.2) is 0 Å². The van der Waals surface area contributed by atoms with Gasteiger partial charge in [0.25, 0.3) is 0 Å². The van der Waals surface area contributed by atoms with Gasteiger partial charge in [-0.3, -0.25) is 0 Å². The van der Waals surface area contributed by atoms with Crippen LogP contribution < -0.4 is 0 Å². The van der Waals surface area contributed by atoms with E-state index in [9.17, 15) is 0 Å². The van der Waals surface area contributed by atoms with Gasteiger partial charge in [-0.15, -0.1) is 0 Å². The Kier molecular flexibility index (Phi) is 2.35. The number of hydrogen-bond donors (Lipinski definition) is 0. The number of methoxy groups -OCH3 is 1. The maximum atomic E-state index is 5.17. The predicted molar refractivity (Wildman–Crippen MR) is 43.0 cm³/mol. The fourth-order valence-electron chi connectivity index (χ4n) is 1.76. The summed E-state index contributed by atoms with van der Waals surface area (Å²) in [6.07, 6.45) is 4.12. The normalized spacial score (nSPS) is 21.6.